The van der Waals surface area contributed by atoms with Gasteiger partial charge >= 0.3 is 5.97 Å². The molecule has 2 aromatic rings. The SMILES string of the molecule is CC(C)C[C@H](NC(=O)Cn1cnc2ccccc21)C(=O)O. The average Bonchev–Trinajstić information content (AvgIpc) is 2.81. The van der Waals surface area contributed by atoms with Crippen molar-refractivity contribution in [1.82, 2.24) is 14.9 Å². The van der Waals surface area contributed by atoms with Gasteiger partial charge in [-0.25, -0.2) is 9.78 Å². The highest BCUT2D eigenvalue weighted by Crippen LogP contribution is 2.11. The van der Waals surface area contributed by atoms with Crippen molar-refractivity contribution in [1.29, 1.82) is 0 Å². The molecule has 0 unspecified atom stereocenters. The van der Waals surface area contributed by atoms with Crippen LogP contribution in [-0.2, 0) is 16.1 Å². The molecule has 0 aliphatic heterocycles. The van der Waals surface area contributed by atoms with Gasteiger partial charge in [0.25, 0.3) is 0 Å². The van der Waals surface area contributed by atoms with E-state index in [1.54, 1.807) is 10.9 Å². The second kappa shape index (κ2) is 6.39. The Hall–Kier alpha value is -2.37. The molecule has 1 atom stereocenters. The van der Waals surface area contributed by atoms with Crippen molar-refractivity contribution in [2.24, 2.45) is 5.92 Å². The van der Waals surface area contributed by atoms with Crippen molar-refractivity contribution < 1.29 is 14.7 Å². The summed E-state index contributed by atoms with van der Waals surface area (Å²) in [5.74, 6) is -1.14. The normalized spacial score (nSPS) is 12.5. The first-order chi connectivity index (χ1) is 9.97. The molecule has 1 amide bonds. The van der Waals surface area contributed by atoms with Crippen LogP contribution in [0.2, 0.25) is 0 Å². The summed E-state index contributed by atoms with van der Waals surface area (Å²) in [4.78, 5) is 27.4. The van der Waals surface area contributed by atoms with Crippen LogP contribution in [0, 0.1) is 5.92 Å². The number of para-hydroxylation sites is 2. The van der Waals surface area contributed by atoms with E-state index in [1.807, 2.05) is 38.1 Å². The largest absolute Gasteiger partial charge is 0.480 e. The number of carboxylic acids is 1. The zero-order chi connectivity index (χ0) is 15.4. The molecule has 0 bridgehead atoms. The van der Waals surface area contributed by atoms with Crippen LogP contribution in [0.4, 0.5) is 0 Å². The zero-order valence-corrected chi connectivity index (χ0v) is 12.1. The highest BCUT2D eigenvalue weighted by molar-refractivity contribution is 5.84. The summed E-state index contributed by atoms with van der Waals surface area (Å²) >= 11 is 0. The van der Waals surface area contributed by atoms with Crippen molar-refractivity contribution >= 4 is 22.9 Å². The second-order valence-electron chi connectivity index (χ2n) is 5.45. The Morgan fingerprint density at radius 2 is 2.05 bits per heavy atom. The summed E-state index contributed by atoms with van der Waals surface area (Å²) in [7, 11) is 0. The van der Waals surface area contributed by atoms with E-state index in [2.05, 4.69) is 10.3 Å². The van der Waals surface area contributed by atoms with Crippen molar-refractivity contribution in [2.45, 2.75) is 32.9 Å². The second-order valence-corrected chi connectivity index (χ2v) is 5.45. The summed E-state index contributed by atoms with van der Waals surface area (Å²) in [5.41, 5.74) is 1.66. The van der Waals surface area contributed by atoms with Crippen LogP contribution in [0.15, 0.2) is 30.6 Å². The minimum atomic E-state index is -1.01. The monoisotopic (exact) mass is 289 g/mol. The number of hydrogen-bond donors (Lipinski definition) is 2. The number of carboxylic acid groups (broad SMARTS) is 1. The van der Waals surface area contributed by atoms with Crippen molar-refractivity contribution in [3.63, 3.8) is 0 Å². The van der Waals surface area contributed by atoms with Crippen LogP contribution in [0.1, 0.15) is 20.3 Å². The summed E-state index contributed by atoms with van der Waals surface area (Å²) in [6.45, 7) is 3.90. The van der Waals surface area contributed by atoms with Gasteiger partial charge in [0.05, 0.1) is 17.4 Å². The number of imidazole rings is 1. The lowest BCUT2D eigenvalue weighted by Gasteiger charge is -2.16. The lowest BCUT2D eigenvalue weighted by Crippen LogP contribution is -2.43. The van der Waals surface area contributed by atoms with Crippen LogP contribution < -0.4 is 5.32 Å². The molecular weight excluding hydrogens is 270 g/mol. The molecule has 6 nitrogen and oxygen atoms in total. The average molecular weight is 289 g/mol. The Kier molecular flexibility index (Phi) is 4.57. The van der Waals surface area contributed by atoms with E-state index in [9.17, 15) is 9.59 Å². The van der Waals surface area contributed by atoms with Gasteiger partial charge in [-0.2, -0.15) is 0 Å². The standard InChI is InChI=1S/C15H19N3O3/c1-10(2)7-12(15(20)21)17-14(19)8-18-9-16-11-5-3-4-6-13(11)18/h3-6,9-10,12H,7-8H2,1-2H3,(H,17,19)(H,20,21)/t12-/m0/s1. The first-order valence-electron chi connectivity index (χ1n) is 6.89. The molecule has 112 valence electrons. The van der Waals surface area contributed by atoms with E-state index in [0.717, 1.165) is 11.0 Å². The van der Waals surface area contributed by atoms with Gasteiger partial charge < -0.3 is 15.0 Å². The Balaban J connectivity index is 2.05. The highest BCUT2D eigenvalue weighted by atomic mass is 16.4. The molecule has 2 N–H and O–H groups in total. The first-order valence-corrected chi connectivity index (χ1v) is 6.89. The van der Waals surface area contributed by atoms with E-state index >= 15 is 0 Å². The molecular formula is C15H19N3O3. The molecule has 0 fully saturated rings. The number of carbonyl (C=O) groups is 2. The van der Waals surface area contributed by atoms with Crippen molar-refractivity contribution in [3.8, 4) is 0 Å². The minimum absolute atomic E-state index is 0.0579. The Bertz CT molecular complexity index is 648. The maximum atomic E-state index is 12.0. The number of nitrogens with one attached hydrogen (secondary N) is 1. The molecule has 0 aliphatic rings. The topological polar surface area (TPSA) is 84.2 Å². The summed E-state index contributed by atoms with van der Waals surface area (Å²) in [6.07, 6.45) is 1.99. The molecule has 6 heteroatoms. The molecule has 1 aromatic heterocycles. The number of hydrogen-bond acceptors (Lipinski definition) is 3. The summed E-state index contributed by atoms with van der Waals surface area (Å²) in [5, 5.41) is 11.7. The van der Waals surface area contributed by atoms with Gasteiger partial charge in [0.15, 0.2) is 0 Å². The van der Waals surface area contributed by atoms with E-state index < -0.39 is 12.0 Å². The summed E-state index contributed by atoms with van der Waals surface area (Å²) < 4.78 is 1.71. The lowest BCUT2D eigenvalue weighted by molar-refractivity contribution is -0.142. The smallest absolute Gasteiger partial charge is 0.326 e. The highest BCUT2D eigenvalue weighted by Gasteiger charge is 2.21. The van der Waals surface area contributed by atoms with Crippen LogP contribution in [0.5, 0.6) is 0 Å². The zero-order valence-electron chi connectivity index (χ0n) is 12.1. The number of fused-ring (bicyclic) bond motifs is 1. The molecule has 0 saturated heterocycles. The third-order valence-corrected chi connectivity index (χ3v) is 3.18. The van der Waals surface area contributed by atoms with E-state index in [1.165, 1.54) is 0 Å². The number of aromatic nitrogens is 2. The third kappa shape index (κ3) is 3.81. The summed E-state index contributed by atoms with van der Waals surface area (Å²) in [6, 6.07) is 6.63. The number of amides is 1. The van der Waals surface area contributed by atoms with Crippen LogP contribution >= 0.6 is 0 Å². The number of nitrogens with zero attached hydrogens (tertiary/aromatic N) is 2. The number of carbonyl (C=O) groups excluding carboxylic acids is 1. The van der Waals surface area contributed by atoms with Gasteiger partial charge in [0.2, 0.25) is 5.91 Å². The molecule has 0 aliphatic carbocycles. The van der Waals surface area contributed by atoms with Crippen molar-refractivity contribution in [3.05, 3.63) is 30.6 Å². The van der Waals surface area contributed by atoms with Crippen LogP contribution in [-0.4, -0.2) is 32.6 Å². The quantitative estimate of drug-likeness (QED) is 0.847. The Labute approximate surface area is 122 Å². The van der Waals surface area contributed by atoms with E-state index in [-0.39, 0.29) is 18.4 Å². The van der Waals surface area contributed by atoms with Crippen LogP contribution in [0.25, 0.3) is 11.0 Å². The fourth-order valence-corrected chi connectivity index (χ4v) is 2.22. The third-order valence-electron chi connectivity index (χ3n) is 3.18. The Morgan fingerprint density at radius 3 is 2.71 bits per heavy atom. The van der Waals surface area contributed by atoms with Crippen LogP contribution in [0.3, 0.4) is 0 Å². The minimum Gasteiger partial charge on any atom is -0.480 e. The fourth-order valence-electron chi connectivity index (χ4n) is 2.22. The molecule has 2 rings (SSSR count). The first kappa shape index (κ1) is 15.0. The maximum absolute atomic E-state index is 12.0. The van der Waals surface area contributed by atoms with Gasteiger partial charge in [-0.3, -0.25) is 4.79 Å². The molecule has 0 saturated carbocycles. The van der Waals surface area contributed by atoms with Gasteiger partial charge in [0.1, 0.15) is 12.6 Å². The van der Waals surface area contributed by atoms with Gasteiger partial charge in [-0.05, 0) is 24.5 Å². The number of aliphatic carboxylic acids is 1. The van der Waals surface area contributed by atoms with E-state index in [4.69, 9.17) is 5.11 Å². The Morgan fingerprint density at radius 1 is 1.33 bits per heavy atom. The predicted molar refractivity (Wildman–Crippen MR) is 78.8 cm³/mol. The van der Waals surface area contributed by atoms with Gasteiger partial charge in [-0.1, -0.05) is 26.0 Å². The fraction of sp³-hybridized carbons (Fsp3) is 0.400. The molecule has 0 spiro atoms. The lowest BCUT2D eigenvalue weighted by atomic mass is 10.0. The molecule has 21 heavy (non-hydrogen) atoms. The predicted octanol–water partition coefficient (Wildman–Crippen LogP) is 1.65. The van der Waals surface area contributed by atoms with Gasteiger partial charge in [0, 0.05) is 0 Å². The van der Waals surface area contributed by atoms with E-state index in [0.29, 0.717) is 6.42 Å². The van der Waals surface area contributed by atoms with Gasteiger partial charge in [-0.15, -0.1) is 0 Å². The maximum Gasteiger partial charge on any atom is 0.326 e. The van der Waals surface area contributed by atoms with Crippen molar-refractivity contribution in [2.75, 3.05) is 0 Å². The molecule has 1 aromatic carbocycles. The number of rotatable bonds is 6. The number of benzene rings is 1. The molecule has 0 radical (unpaired) electrons. The molecule has 1 heterocycles.